The van der Waals surface area contributed by atoms with Gasteiger partial charge in [-0.15, -0.1) is 0 Å². The predicted molar refractivity (Wildman–Crippen MR) is 79.8 cm³/mol. The summed E-state index contributed by atoms with van der Waals surface area (Å²) >= 11 is 0. The number of nitrogens with zero attached hydrogens (tertiary/aromatic N) is 3. The number of carboxylic acids is 1. The molecule has 22 heavy (non-hydrogen) atoms. The van der Waals surface area contributed by atoms with Crippen molar-refractivity contribution in [2.24, 2.45) is 7.05 Å². The zero-order valence-electron chi connectivity index (χ0n) is 12.5. The number of hydrogen-bond acceptors (Lipinski definition) is 3. The third kappa shape index (κ3) is 2.36. The number of aromatic nitrogens is 2. The second-order valence-electron chi connectivity index (χ2n) is 5.53. The lowest BCUT2D eigenvalue weighted by molar-refractivity contribution is 0.0696. The van der Waals surface area contributed by atoms with E-state index in [9.17, 15) is 9.59 Å². The van der Waals surface area contributed by atoms with Crippen molar-refractivity contribution in [3.63, 3.8) is 0 Å². The first kappa shape index (κ1) is 14.3. The quantitative estimate of drug-likeness (QED) is 0.914. The molecule has 2 aromatic rings. The van der Waals surface area contributed by atoms with E-state index in [0.29, 0.717) is 18.7 Å². The summed E-state index contributed by atoms with van der Waals surface area (Å²) in [4.78, 5) is 25.4. The summed E-state index contributed by atoms with van der Waals surface area (Å²) < 4.78 is 1.67. The SMILES string of the molecule is Cc1c(C(=O)N2CCc3ccc(C(=O)O)cc3C2)cnn1C. The van der Waals surface area contributed by atoms with Gasteiger partial charge >= 0.3 is 5.97 Å². The van der Waals surface area contributed by atoms with Crippen LogP contribution in [0.4, 0.5) is 0 Å². The third-order valence-electron chi connectivity index (χ3n) is 4.22. The van der Waals surface area contributed by atoms with Gasteiger partial charge in [-0.25, -0.2) is 4.79 Å². The Morgan fingerprint density at radius 3 is 2.68 bits per heavy atom. The highest BCUT2D eigenvalue weighted by Crippen LogP contribution is 2.22. The van der Waals surface area contributed by atoms with Gasteiger partial charge in [0.15, 0.2) is 0 Å². The second kappa shape index (κ2) is 5.29. The Bertz CT molecular complexity index is 764. The fourth-order valence-corrected chi connectivity index (χ4v) is 2.74. The Labute approximate surface area is 128 Å². The van der Waals surface area contributed by atoms with Crippen LogP contribution in [0.15, 0.2) is 24.4 Å². The molecule has 1 aromatic carbocycles. The van der Waals surface area contributed by atoms with Gasteiger partial charge in [-0.3, -0.25) is 9.48 Å². The fraction of sp³-hybridized carbons (Fsp3) is 0.312. The Morgan fingerprint density at radius 2 is 2.05 bits per heavy atom. The number of benzene rings is 1. The molecule has 1 N–H and O–H groups in total. The molecule has 3 rings (SSSR count). The van der Waals surface area contributed by atoms with Crippen LogP contribution in [0.25, 0.3) is 0 Å². The van der Waals surface area contributed by atoms with E-state index in [2.05, 4.69) is 5.10 Å². The summed E-state index contributed by atoms with van der Waals surface area (Å²) in [5, 5.41) is 13.2. The van der Waals surface area contributed by atoms with Crippen molar-refractivity contribution in [2.75, 3.05) is 6.54 Å². The summed E-state index contributed by atoms with van der Waals surface area (Å²) in [6, 6.07) is 5.12. The maximum Gasteiger partial charge on any atom is 0.335 e. The smallest absolute Gasteiger partial charge is 0.335 e. The number of fused-ring (bicyclic) bond motifs is 1. The summed E-state index contributed by atoms with van der Waals surface area (Å²) in [6.45, 7) is 2.93. The molecular weight excluding hydrogens is 282 g/mol. The molecule has 0 spiro atoms. The van der Waals surface area contributed by atoms with Crippen molar-refractivity contribution in [2.45, 2.75) is 19.9 Å². The van der Waals surface area contributed by atoms with Crippen molar-refractivity contribution in [3.05, 3.63) is 52.3 Å². The second-order valence-corrected chi connectivity index (χ2v) is 5.53. The van der Waals surface area contributed by atoms with Crippen LogP contribution in [0.3, 0.4) is 0 Å². The van der Waals surface area contributed by atoms with E-state index in [1.165, 1.54) is 0 Å². The molecule has 2 heterocycles. The number of carbonyl (C=O) groups excluding carboxylic acids is 1. The lowest BCUT2D eigenvalue weighted by atomic mass is 9.97. The van der Waals surface area contributed by atoms with E-state index in [4.69, 9.17) is 5.11 Å². The highest BCUT2D eigenvalue weighted by molar-refractivity contribution is 5.95. The number of carboxylic acid groups (broad SMARTS) is 1. The van der Waals surface area contributed by atoms with Crippen LogP contribution in [-0.4, -0.2) is 38.2 Å². The first-order valence-electron chi connectivity index (χ1n) is 7.10. The van der Waals surface area contributed by atoms with Crippen molar-refractivity contribution >= 4 is 11.9 Å². The molecule has 114 valence electrons. The van der Waals surface area contributed by atoms with Gasteiger partial charge in [-0.05, 0) is 36.6 Å². The molecule has 0 fully saturated rings. The van der Waals surface area contributed by atoms with Crippen LogP contribution in [0.2, 0.25) is 0 Å². The minimum Gasteiger partial charge on any atom is -0.478 e. The average Bonchev–Trinajstić information content (AvgIpc) is 2.85. The van der Waals surface area contributed by atoms with Gasteiger partial charge in [-0.1, -0.05) is 6.07 Å². The summed E-state index contributed by atoms with van der Waals surface area (Å²) in [6.07, 6.45) is 2.32. The Balaban J connectivity index is 1.87. The average molecular weight is 299 g/mol. The molecule has 0 unspecified atom stereocenters. The lowest BCUT2D eigenvalue weighted by Gasteiger charge is -2.29. The normalized spacial score (nSPS) is 13.8. The Hall–Kier alpha value is -2.63. The van der Waals surface area contributed by atoms with Gasteiger partial charge in [0.05, 0.1) is 17.3 Å². The molecule has 1 amide bonds. The van der Waals surface area contributed by atoms with Crippen LogP contribution in [-0.2, 0) is 20.0 Å². The first-order chi connectivity index (χ1) is 10.5. The number of aromatic carboxylic acids is 1. The molecule has 0 saturated heterocycles. The molecule has 6 nitrogen and oxygen atoms in total. The van der Waals surface area contributed by atoms with Gasteiger partial charge in [0.2, 0.25) is 0 Å². The van der Waals surface area contributed by atoms with Crippen LogP contribution >= 0.6 is 0 Å². The molecule has 1 aliphatic rings. The van der Waals surface area contributed by atoms with E-state index < -0.39 is 5.97 Å². The van der Waals surface area contributed by atoms with E-state index >= 15 is 0 Å². The molecule has 0 bridgehead atoms. The predicted octanol–water partition coefficient (Wildman–Crippen LogP) is 1.63. The lowest BCUT2D eigenvalue weighted by Crippen LogP contribution is -2.36. The minimum absolute atomic E-state index is 0.0584. The van der Waals surface area contributed by atoms with E-state index in [1.54, 1.807) is 35.0 Å². The molecule has 0 radical (unpaired) electrons. The van der Waals surface area contributed by atoms with Crippen molar-refractivity contribution in [1.29, 1.82) is 0 Å². The minimum atomic E-state index is -0.950. The molecule has 1 aliphatic heterocycles. The van der Waals surface area contributed by atoms with Crippen LogP contribution in [0.5, 0.6) is 0 Å². The summed E-state index contributed by atoms with van der Waals surface area (Å²) in [5.74, 6) is -1.01. The van der Waals surface area contributed by atoms with Gasteiger partial charge in [0, 0.05) is 25.8 Å². The zero-order valence-corrected chi connectivity index (χ0v) is 12.5. The standard InChI is InChI=1S/C16H17N3O3/c1-10-14(8-17-18(10)2)15(20)19-6-5-11-3-4-12(16(21)22)7-13(11)9-19/h3-4,7-8H,5-6,9H2,1-2H3,(H,21,22). The van der Waals surface area contributed by atoms with Gasteiger partial charge < -0.3 is 10.0 Å². The molecule has 0 atom stereocenters. The Morgan fingerprint density at radius 1 is 1.27 bits per heavy atom. The number of aryl methyl sites for hydroxylation is 1. The number of amides is 1. The summed E-state index contributed by atoms with van der Waals surface area (Å²) in [5.41, 5.74) is 3.69. The molecule has 6 heteroatoms. The van der Waals surface area contributed by atoms with E-state index in [0.717, 1.165) is 23.2 Å². The third-order valence-corrected chi connectivity index (χ3v) is 4.22. The number of rotatable bonds is 2. The van der Waals surface area contributed by atoms with Crippen molar-refractivity contribution in [3.8, 4) is 0 Å². The summed E-state index contributed by atoms with van der Waals surface area (Å²) in [7, 11) is 1.80. The van der Waals surface area contributed by atoms with E-state index in [1.807, 2.05) is 13.0 Å². The van der Waals surface area contributed by atoms with Gasteiger partial charge in [0.1, 0.15) is 0 Å². The monoisotopic (exact) mass is 299 g/mol. The highest BCUT2D eigenvalue weighted by Gasteiger charge is 2.24. The van der Waals surface area contributed by atoms with E-state index in [-0.39, 0.29) is 11.5 Å². The molecule has 0 saturated carbocycles. The largest absolute Gasteiger partial charge is 0.478 e. The topological polar surface area (TPSA) is 75.4 Å². The maximum atomic E-state index is 12.6. The van der Waals surface area contributed by atoms with Crippen molar-refractivity contribution < 1.29 is 14.7 Å². The number of carbonyl (C=O) groups is 2. The zero-order chi connectivity index (χ0) is 15.9. The maximum absolute atomic E-state index is 12.6. The molecule has 0 aliphatic carbocycles. The van der Waals surface area contributed by atoms with Gasteiger partial charge in [0.25, 0.3) is 5.91 Å². The highest BCUT2D eigenvalue weighted by atomic mass is 16.4. The Kier molecular flexibility index (Phi) is 3.44. The van der Waals surface area contributed by atoms with Crippen molar-refractivity contribution in [1.82, 2.24) is 14.7 Å². The first-order valence-corrected chi connectivity index (χ1v) is 7.10. The molecular formula is C16H17N3O3. The van der Waals surface area contributed by atoms with Crippen LogP contribution < -0.4 is 0 Å². The van der Waals surface area contributed by atoms with Crippen LogP contribution in [0, 0.1) is 6.92 Å². The van der Waals surface area contributed by atoms with Crippen LogP contribution in [0.1, 0.15) is 37.5 Å². The number of hydrogen-bond donors (Lipinski definition) is 1. The molecule has 1 aromatic heterocycles. The van der Waals surface area contributed by atoms with Gasteiger partial charge in [-0.2, -0.15) is 5.10 Å². The fourth-order valence-electron chi connectivity index (χ4n) is 2.74.